The molecule has 0 amide bonds. The van der Waals surface area contributed by atoms with Crippen molar-refractivity contribution in [3.05, 3.63) is 59.4 Å². The van der Waals surface area contributed by atoms with Crippen molar-refractivity contribution >= 4 is 41.5 Å². The minimum atomic E-state index is -0.0331. The van der Waals surface area contributed by atoms with Crippen molar-refractivity contribution in [2.24, 2.45) is 4.99 Å². The van der Waals surface area contributed by atoms with Gasteiger partial charge in [0.05, 0.1) is 0 Å². The Bertz CT molecular complexity index is 715. The van der Waals surface area contributed by atoms with Crippen molar-refractivity contribution in [3.63, 3.8) is 0 Å². The van der Waals surface area contributed by atoms with Gasteiger partial charge in [-0.3, -0.25) is 4.99 Å². The van der Waals surface area contributed by atoms with Crippen molar-refractivity contribution in [1.82, 2.24) is 15.2 Å². The van der Waals surface area contributed by atoms with E-state index in [2.05, 4.69) is 44.7 Å². The van der Waals surface area contributed by atoms with Gasteiger partial charge in [0.15, 0.2) is 5.96 Å². The summed E-state index contributed by atoms with van der Waals surface area (Å²) in [6.45, 7) is 4.01. The molecule has 0 atom stereocenters. The topological polar surface area (TPSA) is 50.6 Å². The highest BCUT2D eigenvalue weighted by Gasteiger charge is 2.36. The van der Waals surface area contributed by atoms with Crippen molar-refractivity contribution < 1.29 is 4.74 Å². The van der Waals surface area contributed by atoms with Gasteiger partial charge < -0.3 is 19.9 Å². The number of hydrogen-bond donors (Lipinski definition) is 2. The summed E-state index contributed by atoms with van der Waals surface area (Å²) in [5.41, 5.74) is 1.16. The molecule has 2 aromatic rings. The Morgan fingerprint density at radius 3 is 2.52 bits per heavy atom. The normalized spacial score (nSPS) is 16.4. The third kappa shape index (κ3) is 5.86. The molecule has 7 heteroatoms. The maximum Gasteiger partial charge on any atom is 0.191 e. The second-order valence-electron chi connectivity index (χ2n) is 6.65. The highest BCUT2D eigenvalue weighted by atomic mass is 127. The Labute approximate surface area is 183 Å². The Hall–Kier alpha value is -1.25. The van der Waals surface area contributed by atoms with Gasteiger partial charge in [-0.1, -0.05) is 29.8 Å². The van der Waals surface area contributed by atoms with E-state index in [-0.39, 0.29) is 29.4 Å². The van der Waals surface area contributed by atoms with Gasteiger partial charge in [-0.15, -0.1) is 24.0 Å². The quantitative estimate of drug-likeness (QED) is 0.360. The van der Waals surface area contributed by atoms with Gasteiger partial charge >= 0.3 is 0 Å². The highest BCUT2D eigenvalue weighted by molar-refractivity contribution is 14.0. The zero-order valence-corrected chi connectivity index (χ0v) is 18.7. The lowest BCUT2D eigenvalue weighted by atomic mass is 9.74. The minimum absolute atomic E-state index is 0. The van der Waals surface area contributed by atoms with Crippen LogP contribution in [-0.4, -0.2) is 43.9 Å². The summed E-state index contributed by atoms with van der Waals surface area (Å²) >= 11 is 6.52. The fourth-order valence-electron chi connectivity index (χ4n) is 3.49. The molecule has 1 aromatic carbocycles. The second-order valence-corrected chi connectivity index (χ2v) is 7.05. The van der Waals surface area contributed by atoms with Gasteiger partial charge in [0.1, 0.15) is 0 Å². The first-order valence-corrected chi connectivity index (χ1v) is 9.49. The molecule has 0 radical (unpaired) electrons. The second kappa shape index (κ2) is 10.9. The molecular formula is C20H28ClIN4O. The molecule has 0 bridgehead atoms. The lowest BCUT2D eigenvalue weighted by Gasteiger charge is -2.38. The summed E-state index contributed by atoms with van der Waals surface area (Å²) in [7, 11) is 1.80. The van der Waals surface area contributed by atoms with Crippen LogP contribution in [0.3, 0.4) is 0 Å². The van der Waals surface area contributed by atoms with E-state index >= 15 is 0 Å². The SMILES string of the molecule is CN=C(NCCn1cccc1)NCC1(c2ccccc2Cl)CCOCC1.I. The van der Waals surface area contributed by atoms with E-state index < -0.39 is 0 Å². The van der Waals surface area contributed by atoms with E-state index in [0.29, 0.717) is 0 Å². The summed E-state index contributed by atoms with van der Waals surface area (Å²) in [6, 6.07) is 12.2. The van der Waals surface area contributed by atoms with E-state index in [0.717, 1.165) is 56.7 Å². The molecule has 0 unspecified atom stereocenters. The Morgan fingerprint density at radius 2 is 1.85 bits per heavy atom. The smallest absolute Gasteiger partial charge is 0.191 e. The van der Waals surface area contributed by atoms with Gasteiger partial charge in [0.25, 0.3) is 0 Å². The molecule has 27 heavy (non-hydrogen) atoms. The molecule has 1 saturated heterocycles. The molecule has 148 valence electrons. The molecule has 1 fully saturated rings. The maximum atomic E-state index is 6.52. The lowest BCUT2D eigenvalue weighted by Crippen LogP contribution is -2.48. The van der Waals surface area contributed by atoms with Crippen LogP contribution in [0.15, 0.2) is 53.8 Å². The molecular weight excluding hydrogens is 475 g/mol. The number of halogens is 2. The van der Waals surface area contributed by atoms with Crippen LogP contribution in [0.25, 0.3) is 0 Å². The molecule has 2 heterocycles. The number of nitrogens with one attached hydrogen (secondary N) is 2. The zero-order chi connectivity index (χ0) is 18.2. The number of hydrogen-bond acceptors (Lipinski definition) is 2. The Kier molecular flexibility index (Phi) is 8.92. The van der Waals surface area contributed by atoms with Gasteiger partial charge in [-0.05, 0) is 36.6 Å². The fourth-order valence-corrected chi connectivity index (χ4v) is 3.83. The molecule has 1 aliphatic heterocycles. The molecule has 5 nitrogen and oxygen atoms in total. The standard InChI is InChI=1S/C20H27ClN4O.HI/c1-22-19(23-10-13-25-11-4-5-12-25)24-16-20(8-14-26-15-9-20)17-6-2-3-7-18(17)21;/h2-7,11-12H,8-10,13-16H2,1H3,(H2,22,23,24);1H. The number of nitrogens with zero attached hydrogens (tertiary/aromatic N) is 2. The van der Waals surface area contributed by atoms with Crippen molar-refractivity contribution in [2.75, 3.05) is 33.4 Å². The largest absolute Gasteiger partial charge is 0.381 e. The predicted octanol–water partition coefficient (Wildman–Crippen LogP) is 3.67. The van der Waals surface area contributed by atoms with Gasteiger partial charge in [0.2, 0.25) is 0 Å². The first kappa shape index (κ1) is 22.0. The lowest BCUT2D eigenvalue weighted by molar-refractivity contribution is 0.0514. The summed E-state index contributed by atoms with van der Waals surface area (Å²) < 4.78 is 7.75. The molecule has 0 saturated carbocycles. The number of guanidine groups is 1. The Balaban J connectivity index is 0.00000261. The van der Waals surface area contributed by atoms with Gasteiger partial charge in [-0.25, -0.2) is 0 Å². The number of aliphatic imine (C=N–C) groups is 1. The third-order valence-electron chi connectivity index (χ3n) is 5.04. The fraction of sp³-hybridized carbons (Fsp3) is 0.450. The van der Waals surface area contributed by atoms with Gasteiger partial charge in [-0.2, -0.15) is 0 Å². The van der Waals surface area contributed by atoms with Crippen LogP contribution in [0, 0.1) is 0 Å². The van der Waals surface area contributed by atoms with Gasteiger partial charge in [0, 0.05) is 62.7 Å². The number of aromatic nitrogens is 1. The molecule has 1 aliphatic rings. The van der Waals surface area contributed by atoms with Crippen molar-refractivity contribution in [1.29, 1.82) is 0 Å². The first-order chi connectivity index (χ1) is 12.7. The highest BCUT2D eigenvalue weighted by Crippen LogP contribution is 2.38. The number of ether oxygens (including phenoxy) is 1. The minimum Gasteiger partial charge on any atom is -0.381 e. The average molecular weight is 503 g/mol. The molecule has 0 spiro atoms. The first-order valence-electron chi connectivity index (χ1n) is 9.11. The summed E-state index contributed by atoms with van der Waals surface area (Å²) in [5, 5.41) is 7.71. The third-order valence-corrected chi connectivity index (χ3v) is 5.37. The molecule has 1 aromatic heterocycles. The van der Waals surface area contributed by atoms with Crippen LogP contribution in [0.1, 0.15) is 18.4 Å². The predicted molar refractivity (Wildman–Crippen MR) is 122 cm³/mol. The maximum absolute atomic E-state index is 6.52. The molecule has 0 aliphatic carbocycles. The average Bonchev–Trinajstić information content (AvgIpc) is 3.19. The van der Waals surface area contributed by atoms with Crippen LogP contribution < -0.4 is 10.6 Å². The number of rotatable bonds is 6. The van der Waals surface area contributed by atoms with Crippen LogP contribution in [0.2, 0.25) is 5.02 Å². The van der Waals surface area contributed by atoms with E-state index in [4.69, 9.17) is 16.3 Å². The summed E-state index contributed by atoms with van der Waals surface area (Å²) in [4.78, 5) is 4.36. The molecule has 2 N–H and O–H groups in total. The van der Waals surface area contributed by atoms with Crippen LogP contribution in [-0.2, 0) is 16.7 Å². The molecule has 3 rings (SSSR count). The zero-order valence-electron chi connectivity index (χ0n) is 15.7. The number of benzene rings is 1. The van der Waals surface area contributed by atoms with Crippen molar-refractivity contribution in [3.8, 4) is 0 Å². The van der Waals surface area contributed by atoms with E-state index in [9.17, 15) is 0 Å². The van der Waals surface area contributed by atoms with E-state index in [1.807, 2.05) is 24.3 Å². The monoisotopic (exact) mass is 502 g/mol. The van der Waals surface area contributed by atoms with E-state index in [1.54, 1.807) is 7.05 Å². The van der Waals surface area contributed by atoms with Crippen LogP contribution in [0.5, 0.6) is 0 Å². The van der Waals surface area contributed by atoms with Crippen LogP contribution in [0.4, 0.5) is 0 Å². The summed E-state index contributed by atoms with van der Waals surface area (Å²) in [6.07, 6.45) is 6.02. The van der Waals surface area contributed by atoms with Crippen LogP contribution >= 0.6 is 35.6 Å². The summed E-state index contributed by atoms with van der Waals surface area (Å²) in [5.74, 6) is 0.815. The van der Waals surface area contributed by atoms with Crippen molar-refractivity contribution in [2.45, 2.75) is 24.8 Å². The Morgan fingerprint density at radius 1 is 1.15 bits per heavy atom. The van der Waals surface area contributed by atoms with E-state index in [1.165, 1.54) is 5.56 Å².